The van der Waals surface area contributed by atoms with Crippen LogP contribution in [-0.2, 0) is 36.8 Å². The molecule has 1 fully saturated rings. The molecule has 0 amide bonds. The SMILES string of the molecule is O=COC(Cc1ccc(C2CCOCC2)c(F)c1)C(=O)OCc1ccccc1. The van der Waals surface area contributed by atoms with Gasteiger partial charge in [0.2, 0.25) is 6.10 Å². The predicted octanol–water partition coefficient (Wildman–Crippen LogP) is 3.55. The molecular weight excluding hydrogens is 363 g/mol. The van der Waals surface area contributed by atoms with Gasteiger partial charge in [-0.3, -0.25) is 4.79 Å². The van der Waals surface area contributed by atoms with Crippen molar-refractivity contribution < 1.29 is 28.2 Å². The van der Waals surface area contributed by atoms with Gasteiger partial charge in [0.1, 0.15) is 12.4 Å². The zero-order chi connectivity index (χ0) is 19.8. The van der Waals surface area contributed by atoms with Crippen molar-refractivity contribution >= 4 is 12.4 Å². The monoisotopic (exact) mass is 386 g/mol. The van der Waals surface area contributed by atoms with Crippen LogP contribution in [0.2, 0.25) is 0 Å². The number of halogens is 1. The predicted molar refractivity (Wildman–Crippen MR) is 100 cm³/mol. The average molecular weight is 386 g/mol. The van der Waals surface area contributed by atoms with Crippen LogP contribution in [0.25, 0.3) is 0 Å². The zero-order valence-corrected chi connectivity index (χ0v) is 15.5. The highest BCUT2D eigenvalue weighted by Crippen LogP contribution is 2.29. The molecule has 1 unspecified atom stereocenters. The summed E-state index contributed by atoms with van der Waals surface area (Å²) in [6, 6.07) is 14.1. The second-order valence-electron chi connectivity index (χ2n) is 6.76. The molecule has 2 aromatic rings. The third kappa shape index (κ3) is 5.39. The van der Waals surface area contributed by atoms with Crippen LogP contribution in [0.5, 0.6) is 0 Å². The van der Waals surface area contributed by atoms with E-state index in [-0.39, 0.29) is 31.2 Å². The number of hydrogen-bond acceptors (Lipinski definition) is 5. The lowest BCUT2D eigenvalue weighted by Crippen LogP contribution is -2.28. The molecule has 28 heavy (non-hydrogen) atoms. The summed E-state index contributed by atoms with van der Waals surface area (Å²) in [6.45, 7) is 1.55. The minimum absolute atomic E-state index is 0.0529. The molecule has 1 aliphatic rings. The molecule has 0 aliphatic carbocycles. The summed E-state index contributed by atoms with van der Waals surface area (Å²) < 4.78 is 30.0. The van der Waals surface area contributed by atoms with E-state index < -0.39 is 12.1 Å². The topological polar surface area (TPSA) is 61.8 Å². The van der Waals surface area contributed by atoms with Crippen LogP contribution < -0.4 is 0 Å². The number of rotatable bonds is 8. The summed E-state index contributed by atoms with van der Waals surface area (Å²) in [5, 5.41) is 0. The highest BCUT2D eigenvalue weighted by molar-refractivity contribution is 5.76. The Morgan fingerprint density at radius 3 is 2.57 bits per heavy atom. The summed E-state index contributed by atoms with van der Waals surface area (Å²) in [6.07, 6.45) is 0.518. The second-order valence-corrected chi connectivity index (χ2v) is 6.76. The van der Waals surface area contributed by atoms with Gasteiger partial charge in [-0.25, -0.2) is 9.18 Å². The molecule has 1 aliphatic heterocycles. The van der Waals surface area contributed by atoms with Crippen LogP contribution in [0.1, 0.15) is 35.4 Å². The van der Waals surface area contributed by atoms with Gasteiger partial charge in [-0.2, -0.15) is 0 Å². The summed E-state index contributed by atoms with van der Waals surface area (Å²) in [7, 11) is 0. The van der Waals surface area contributed by atoms with E-state index in [1.54, 1.807) is 12.1 Å². The summed E-state index contributed by atoms with van der Waals surface area (Å²) in [5.41, 5.74) is 2.05. The molecule has 1 atom stereocenters. The maximum Gasteiger partial charge on any atom is 0.348 e. The van der Waals surface area contributed by atoms with Crippen LogP contribution in [0.4, 0.5) is 4.39 Å². The van der Waals surface area contributed by atoms with E-state index in [9.17, 15) is 14.0 Å². The van der Waals surface area contributed by atoms with Crippen LogP contribution in [0.15, 0.2) is 48.5 Å². The first kappa shape index (κ1) is 20.0. The number of carbonyl (C=O) groups is 2. The van der Waals surface area contributed by atoms with Gasteiger partial charge in [0.05, 0.1) is 0 Å². The maximum absolute atomic E-state index is 14.6. The highest BCUT2D eigenvalue weighted by atomic mass is 19.1. The van der Waals surface area contributed by atoms with E-state index in [0.29, 0.717) is 24.3 Å². The summed E-state index contributed by atoms with van der Waals surface area (Å²) >= 11 is 0. The molecule has 0 bridgehead atoms. The molecule has 6 heteroatoms. The Bertz CT molecular complexity index is 787. The van der Waals surface area contributed by atoms with E-state index in [2.05, 4.69) is 0 Å². The lowest BCUT2D eigenvalue weighted by Gasteiger charge is -2.23. The van der Waals surface area contributed by atoms with Crippen molar-refractivity contribution in [3.63, 3.8) is 0 Å². The standard InChI is InChI=1S/C22H23FO5/c23-20-12-17(6-7-19(20)18-8-10-26-11-9-18)13-21(28-15-24)22(25)27-14-16-4-2-1-3-5-16/h1-7,12,15,18,21H,8-11,13-14H2. The van der Waals surface area contributed by atoms with E-state index >= 15 is 0 Å². The molecule has 2 aromatic carbocycles. The third-order valence-corrected chi connectivity index (χ3v) is 4.85. The van der Waals surface area contributed by atoms with Gasteiger partial charge in [-0.05, 0) is 41.5 Å². The Kier molecular flexibility index (Phi) is 7.14. The number of ether oxygens (including phenoxy) is 3. The molecular formula is C22H23FO5. The fourth-order valence-corrected chi connectivity index (χ4v) is 3.33. The molecule has 0 radical (unpaired) electrons. The molecule has 0 saturated carbocycles. The zero-order valence-electron chi connectivity index (χ0n) is 15.5. The van der Waals surface area contributed by atoms with E-state index in [4.69, 9.17) is 14.2 Å². The van der Waals surface area contributed by atoms with Crippen molar-refractivity contribution in [3.8, 4) is 0 Å². The second kappa shape index (κ2) is 9.99. The number of carbonyl (C=O) groups excluding carboxylic acids is 2. The van der Waals surface area contributed by atoms with E-state index in [0.717, 1.165) is 18.4 Å². The molecule has 5 nitrogen and oxygen atoms in total. The number of hydrogen-bond donors (Lipinski definition) is 0. The smallest absolute Gasteiger partial charge is 0.348 e. The van der Waals surface area contributed by atoms with Gasteiger partial charge >= 0.3 is 5.97 Å². The first-order valence-electron chi connectivity index (χ1n) is 9.33. The van der Waals surface area contributed by atoms with Gasteiger partial charge in [0, 0.05) is 19.6 Å². The minimum atomic E-state index is -1.12. The first-order valence-corrected chi connectivity index (χ1v) is 9.33. The van der Waals surface area contributed by atoms with Crippen molar-refractivity contribution in [2.45, 2.75) is 37.9 Å². The molecule has 0 aromatic heterocycles. The van der Waals surface area contributed by atoms with E-state index in [1.165, 1.54) is 6.07 Å². The molecule has 0 spiro atoms. The van der Waals surface area contributed by atoms with Gasteiger partial charge in [-0.15, -0.1) is 0 Å². The summed E-state index contributed by atoms with van der Waals surface area (Å²) in [4.78, 5) is 23.1. The Morgan fingerprint density at radius 1 is 1.14 bits per heavy atom. The fraction of sp³-hybridized carbons (Fsp3) is 0.364. The Balaban J connectivity index is 1.63. The van der Waals surface area contributed by atoms with Gasteiger partial charge in [-0.1, -0.05) is 42.5 Å². The van der Waals surface area contributed by atoms with Gasteiger partial charge in [0.15, 0.2) is 0 Å². The summed E-state index contributed by atoms with van der Waals surface area (Å²) in [5.74, 6) is -0.836. The van der Waals surface area contributed by atoms with Crippen molar-refractivity contribution in [3.05, 3.63) is 71.0 Å². The average Bonchev–Trinajstić information content (AvgIpc) is 2.73. The van der Waals surface area contributed by atoms with Gasteiger partial charge in [0.25, 0.3) is 6.47 Å². The minimum Gasteiger partial charge on any atom is -0.458 e. The maximum atomic E-state index is 14.6. The van der Waals surface area contributed by atoms with Crippen LogP contribution >= 0.6 is 0 Å². The number of esters is 1. The Labute approximate surface area is 163 Å². The lowest BCUT2D eigenvalue weighted by atomic mass is 9.90. The molecule has 148 valence electrons. The van der Waals surface area contributed by atoms with Crippen LogP contribution in [-0.4, -0.2) is 31.8 Å². The molecule has 3 rings (SSSR count). The van der Waals surface area contributed by atoms with Crippen molar-refractivity contribution in [1.82, 2.24) is 0 Å². The van der Waals surface area contributed by atoms with Crippen molar-refractivity contribution in [1.29, 1.82) is 0 Å². The third-order valence-electron chi connectivity index (χ3n) is 4.85. The van der Waals surface area contributed by atoms with Crippen molar-refractivity contribution in [2.75, 3.05) is 13.2 Å². The Hall–Kier alpha value is -2.73. The van der Waals surface area contributed by atoms with Crippen LogP contribution in [0.3, 0.4) is 0 Å². The first-order chi connectivity index (χ1) is 13.7. The molecule has 0 N–H and O–H groups in total. The molecule has 1 saturated heterocycles. The fourth-order valence-electron chi connectivity index (χ4n) is 3.33. The van der Waals surface area contributed by atoms with Crippen LogP contribution in [0, 0.1) is 5.82 Å². The van der Waals surface area contributed by atoms with E-state index in [1.807, 2.05) is 30.3 Å². The normalized spacial score (nSPS) is 15.6. The molecule has 1 heterocycles. The highest BCUT2D eigenvalue weighted by Gasteiger charge is 2.24. The Morgan fingerprint density at radius 2 is 1.89 bits per heavy atom. The quantitative estimate of drug-likeness (QED) is 0.513. The largest absolute Gasteiger partial charge is 0.458 e. The van der Waals surface area contributed by atoms with Gasteiger partial charge < -0.3 is 14.2 Å². The lowest BCUT2D eigenvalue weighted by molar-refractivity contribution is -0.162. The van der Waals surface area contributed by atoms with Crippen molar-refractivity contribution in [2.24, 2.45) is 0 Å². The number of benzene rings is 2.